The molecule has 0 bridgehead atoms. The van der Waals surface area contributed by atoms with Crippen LogP contribution in [0.4, 0.5) is 5.69 Å². The van der Waals surface area contributed by atoms with Crippen LogP contribution in [0.2, 0.25) is 0 Å². The minimum atomic E-state index is -0.0387. The maximum absolute atomic E-state index is 12.2. The molecule has 2 N–H and O–H groups in total. The summed E-state index contributed by atoms with van der Waals surface area (Å²) in [7, 11) is 0. The van der Waals surface area contributed by atoms with E-state index >= 15 is 0 Å². The highest BCUT2D eigenvalue weighted by Gasteiger charge is 2.19. The monoisotopic (exact) mass is 272 g/mol. The highest BCUT2D eigenvalue weighted by molar-refractivity contribution is 7.10. The number of benzene rings is 1. The highest BCUT2D eigenvalue weighted by atomic mass is 32.1. The maximum atomic E-state index is 12.2. The second-order valence-electron chi connectivity index (χ2n) is 4.70. The fraction of sp³-hybridized carbons (Fsp3) is 0.267. The molecule has 0 spiro atoms. The summed E-state index contributed by atoms with van der Waals surface area (Å²) in [5.74, 6) is -0.0387. The van der Waals surface area contributed by atoms with Gasteiger partial charge in [-0.2, -0.15) is 0 Å². The van der Waals surface area contributed by atoms with Crippen LogP contribution in [0.1, 0.15) is 33.6 Å². The maximum Gasteiger partial charge on any atom is 0.270 e. The molecule has 98 valence electrons. The largest absolute Gasteiger partial charge is 0.298 e. The first kappa shape index (κ1) is 12.2. The van der Waals surface area contributed by atoms with Gasteiger partial charge in [0.1, 0.15) is 0 Å². The van der Waals surface area contributed by atoms with E-state index in [1.165, 1.54) is 23.3 Å². The molecule has 0 radical (unpaired) electrons. The van der Waals surface area contributed by atoms with Crippen molar-refractivity contribution >= 4 is 22.9 Å². The second-order valence-corrected chi connectivity index (χ2v) is 5.67. The van der Waals surface area contributed by atoms with Gasteiger partial charge in [0, 0.05) is 10.3 Å². The number of hydrazine groups is 1. The number of thiophene rings is 1. The quantitative estimate of drug-likeness (QED) is 0.841. The molecule has 1 heterocycles. The van der Waals surface area contributed by atoms with Crippen LogP contribution in [-0.2, 0) is 12.8 Å². The number of carbonyl (C=O) groups is 1. The summed E-state index contributed by atoms with van der Waals surface area (Å²) in [5, 5.41) is 1.98. The third kappa shape index (κ3) is 2.63. The first-order valence-corrected chi connectivity index (χ1v) is 7.43. The van der Waals surface area contributed by atoms with Crippen LogP contribution < -0.4 is 10.9 Å². The fourth-order valence-corrected chi connectivity index (χ4v) is 3.53. The number of amides is 1. The molecule has 19 heavy (non-hydrogen) atoms. The predicted octanol–water partition coefficient (Wildman–Crippen LogP) is 3.38. The first-order chi connectivity index (χ1) is 9.34. The van der Waals surface area contributed by atoms with Crippen molar-refractivity contribution in [2.24, 2.45) is 0 Å². The number of para-hydroxylation sites is 1. The van der Waals surface area contributed by atoms with E-state index in [9.17, 15) is 4.79 Å². The van der Waals surface area contributed by atoms with Crippen LogP contribution in [0.3, 0.4) is 0 Å². The normalized spacial score (nSPS) is 13.7. The summed E-state index contributed by atoms with van der Waals surface area (Å²) in [6, 6.07) is 9.65. The van der Waals surface area contributed by atoms with Gasteiger partial charge in [-0.05, 0) is 43.4 Å². The van der Waals surface area contributed by atoms with Crippen LogP contribution in [0, 0.1) is 0 Å². The molecule has 1 aromatic carbocycles. The smallest absolute Gasteiger partial charge is 0.270 e. The Bertz CT molecular complexity index is 577. The Labute approximate surface area is 116 Å². The molecule has 0 aliphatic heterocycles. The standard InChI is InChI=1S/C15H16N2OS/c18-15(17-16-11-6-2-1-3-7-11)13-10-19-14-9-5-4-8-12(13)14/h1-3,6-7,10,16H,4-5,8-9H2,(H,17,18). The molecule has 1 amide bonds. The van der Waals surface area contributed by atoms with E-state index in [2.05, 4.69) is 10.9 Å². The zero-order valence-electron chi connectivity index (χ0n) is 10.6. The van der Waals surface area contributed by atoms with E-state index in [0.717, 1.165) is 24.1 Å². The summed E-state index contributed by atoms with van der Waals surface area (Å²) in [6.45, 7) is 0. The van der Waals surface area contributed by atoms with Gasteiger partial charge >= 0.3 is 0 Å². The van der Waals surface area contributed by atoms with E-state index in [-0.39, 0.29) is 5.91 Å². The lowest BCUT2D eigenvalue weighted by Crippen LogP contribution is -2.29. The molecular weight excluding hydrogens is 256 g/mol. The Morgan fingerprint density at radius 3 is 2.74 bits per heavy atom. The van der Waals surface area contributed by atoms with Crippen LogP contribution >= 0.6 is 11.3 Å². The lowest BCUT2D eigenvalue weighted by atomic mass is 9.96. The van der Waals surface area contributed by atoms with Gasteiger partial charge in [-0.3, -0.25) is 15.6 Å². The summed E-state index contributed by atoms with van der Waals surface area (Å²) in [5.41, 5.74) is 8.69. The van der Waals surface area contributed by atoms with Crippen molar-refractivity contribution < 1.29 is 4.79 Å². The number of hydrogen-bond acceptors (Lipinski definition) is 3. The molecular formula is C15H16N2OS. The first-order valence-electron chi connectivity index (χ1n) is 6.55. The van der Waals surface area contributed by atoms with Crippen molar-refractivity contribution in [3.63, 3.8) is 0 Å². The number of nitrogens with one attached hydrogen (secondary N) is 2. The summed E-state index contributed by atoms with van der Waals surface area (Å²) >= 11 is 1.71. The van der Waals surface area contributed by atoms with E-state index in [1.54, 1.807) is 11.3 Å². The molecule has 3 nitrogen and oxygen atoms in total. The van der Waals surface area contributed by atoms with Crippen molar-refractivity contribution in [2.45, 2.75) is 25.7 Å². The number of hydrogen-bond donors (Lipinski definition) is 2. The van der Waals surface area contributed by atoms with Gasteiger partial charge in [0.05, 0.1) is 11.3 Å². The van der Waals surface area contributed by atoms with E-state index in [0.29, 0.717) is 0 Å². The molecule has 0 fully saturated rings. The van der Waals surface area contributed by atoms with Crippen LogP contribution in [-0.4, -0.2) is 5.91 Å². The Morgan fingerprint density at radius 2 is 1.89 bits per heavy atom. The molecule has 0 saturated carbocycles. The van der Waals surface area contributed by atoms with Gasteiger partial charge in [-0.25, -0.2) is 0 Å². The molecule has 0 saturated heterocycles. The second kappa shape index (κ2) is 5.45. The van der Waals surface area contributed by atoms with Gasteiger partial charge in [-0.1, -0.05) is 18.2 Å². The molecule has 0 unspecified atom stereocenters. The Balaban J connectivity index is 1.69. The zero-order valence-corrected chi connectivity index (χ0v) is 11.4. The third-order valence-electron chi connectivity index (χ3n) is 3.40. The SMILES string of the molecule is O=C(NNc1ccccc1)c1csc2c1CCCC2. The fourth-order valence-electron chi connectivity index (χ4n) is 2.40. The number of aryl methyl sites for hydroxylation is 1. The van der Waals surface area contributed by atoms with Crippen molar-refractivity contribution in [1.82, 2.24) is 5.43 Å². The minimum absolute atomic E-state index is 0.0387. The van der Waals surface area contributed by atoms with E-state index in [1.807, 2.05) is 35.7 Å². The van der Waals surface area contributed by atoms with E-state index < -0.39 is 0 Å². The lowest BCUT2D eigenvalue weighted by Gasteiger charge is -2.13. The molecule has 1 aliphatic rings. The predicted molar refractivity (Wildman–Crippen MR) is 78.5 cm³/mol. The Kier molecular flexibility index (Phi) is 3.51. The summed E-state index contributed by atoms with van der Waals surface area (Å²) in [6.07, 6.45) is 4.60. The summed E-state index contributed by atoms with van der Waals surface area (Å²) < 4.78 is 0. The minimum Gasteiger partial charge on any atom is -0.298 e. The average Bonchev–Trinajstić information content (AvgIpc) is 2.90. The van der Waals surface area contributed by atoms with E-state index in [4.69, 9.17) is 0 Å². The number of fused-ring (bicyclic) bond motifs is 1. The Hall–Kier alpha value is -1.81. The summed E-state index contributed by atoms with van der Waals surface area (Å²) in [4.78, 5) is 13.6. The van der Waals surface area contributed by atoms with Gasteiger partial charge in [0.15, 0.2) is 0 Å². The Morgan fingerprint density at radius 1 is 1.11 bits per heavy atom. The zero-order chi connectivity index (χ0) is 13.1. The molecule has 4 heteroatoms. The van der Waals surface area contributed by atoms with Gasteiger partial charge < -0.3 is 0 Å². The molecule has 2 aromatic rings. The lowest BCUT2D eigenvalue weighted by molar-refractivity contribution is 0.0962. The molecule has 3 rings (SSSR count). The van der Waals surface area contributed by atoms with Crippen molar-refractivity contribution in [3.8, 4) is 0 Å². The van der Waals surface area contributed by atoms with Crippen molar-refractivity contribution in [2.75, 3.05) is 5.43 Å². The van der Waals surface area contributed by atoms with Gasteiger partial charge in [-0.15, -0.1) is 11.3 Å². The molecule has 1 aromatic heterocycles. The number of rotatable bonds is 3. The van der Waals surface area contributed by atoms with Crippen LogP contribution in [0.15, 0.2) is 35.7 Å². The topological polar surface area (TPSA) is 41.1 Å². The highest BCUT2D eigenvalue weighted by Crippen LogP contribution is 2.30. The van der Waals surface area contributed by atoms with Crippen molar-refractivity contribution in [1.29, 1.82) is 0 Å². The van der Waals surface area contributed by atoms with Crippen molar-refractivity contribution in [3.05, 3.63) is 51.7 Å². The average molecular weight is 272 g/mol. The molecule has 1 aliphatic carbocycles. The number of carbonyl (C=O) groups excluding carboxylic acids is 1. The van der Waals surface area contributed by atoms with Crippen LogP contribution in [0.5, 0.6) is 0 Å². The molecule has 0 atom stereocenters. The van der Waals surface area contributed by atoms with Crippen LogP contribution in [0.25, 0.3) is 0 Å². The van der Waals surface area contributed by atoms with Gasteiger partial charge in [0.2, 0.25) is 0 Å². The third-order valence-corrected chi connectivity index (χ3v) is 4.49. The van der Waals surface area contributed by atoms with Gasteiger partial charge in [0.25, 0.3) is 5.91 Å². The number of anilines is 1.